The van der Waals surface area contributed by atoms with Gasteiger partial charge in [-0.15, -0.1) is 11.6 Å². The molecule has 0 N–H and O–H groups in total. The summed E-state index contributed by atoms with van der Waals surface area (Å²) >= 11 is 6.05. The van der Waals surface area contributed by atoms with E-state index in [0.29, 0.717) is 0 Å². The second kappa shape index (κ2) is 5.75. The average Bonchev–Trinajstić information content (AvgIpc) is 2.40. The van der Waals surface area contributed by atoms with Crippen molar-refractivity contribution in [3.8, 4) is 5.75 Å². The van der Waals surface area contributed by atoms with Crippen LogP contribution in [0.15, 0.2) is 30.3 Å². The molecule has 2 rings (SSSR count). The molecule has 0 spiro atoms. The number of hydrogen-bond acceptors (Lipinski definition) is 1. The van der Waals surface area contributed by atoms with E-state index >= 15 is 0 Å². The Balaban J connectivity index is 2.53. The van der Waals surface area contributed by atoms with Crippen LogP contribution in [0.4, 0.5) is 13.2 Å². The van der Waals surface area contributed by atoms with E-state index in [1.807, 2.05) is 0 Å². The summed E-state index contributed by atoms with van der Waals surface area (Å²) in [5, 5.41) is -1.25. The molecule has 2 aromatic rings. The van der Waals surface area contributed by atoms with Gasteiger partial charge in [-0.3, -0.25) is 0 Å². The SMILES string of the molecule is COc1cc(F)c(C(Cl)c2cc(C)ccc2F)c(F)c1. The summed E-state index contributed by atoms with van der Waals surface area (Å²) in [6.07, 6.45) is 0. The van der Waals surface area contributed by atoms with Crippen LogP contribution < -0.4 is 4.74 Å². The first-order valence-electron chi connectivity index (χ1n) is 5.87. The molecule has 0 aromatic heterocycles. The summed E-state index contributed by atoms with van der Waals surface area (Å²) in [5.41, 5.74) is 0.396. The smallest absolute Gasteiger partial charge is 0.134 e. The number of benzene rings is 2. The fourth-order valence-corrected chi connectivity index (χ4v) is 2.31. The summed E-state index contributed by atoms with van der Waals surface area (Å²) in [6.45, 7) is 1.74. The fourth-order valence-electron chi connectivity index (χ4n) is 1.93. The van der Waals surface area contributed by atoms with E-state index in [-0.39, 0.29) is 11.3 Å². The van der Waals surface area contributed by atoms with E-state index in [1.54, 1.807) is 13.0 Å². The number of aryl methyl sites for hydroxylation is 1. The van der Waals surface area contributed by atoms with Crippen LogP contribution in [0.3, 0.4) is 0 Å². The van der Waals surface area contributed by atoms with Crippen LogP contribution in [0.2, 0.25) is 0 Å². The number of alkyl halides is 1. The molecule has 2 aromatic carbocycles. The van der Waals surface area contributed by atoms with Gasteiger partial charge in [-0.05, 0) is 13.0 Å². The predicted molar refractivity (Wildman–Crippen MR) is 71.7 cm³/mol. The van der Waals surface area contributed by atoms with Gasteiger partial charge in [-0.2, -0.15) is 0 Å². The number of methoxy groups -OCH3 is 1. The van der Waals surface area contributed by atoms with Crippen LogP contribution in [0.1, 0.15) is 22.1 Å². The lowest BCUT2D eigenvalue weighted by molar-refractivity contribution is 0.405. The summed E-state index contributed by atoms with van der Waals surface area (Å²) < 4.78 is 46.4. The quantitative estimate of drug-likeness (QED) is 0.743. The molecule has 5 heteroatoms. The van der Waals surface area contributed by atoms with Crippen LogP contribution in [0.25, 0.3) is 0 Å². The zero-order chi connectivity index (χ0) is 14.9. The van der Waals surface area contributed by atoms with Gasteiger partial charge in [0, 0.05) is 23.3 Å². The Morgan fingerprint density at radius 3 is 2.15 bits per heavy atom. The van der Waals surface area contributed by atoms with Crippen LogP contribution in [0.5, 0.6) is 5.75 Å². The Hall–Kier alpha value is -1.68. The molecule has 0 radical (unpaired) electrons. The minimum atomic E-state index is -1.25. The highest BCUT2D eigenvalue weighted by molar-refractivity contribution is 6.22. The lowest BCUT2D eigenvalue weighted by Gasteiger charge is -2.15. The Labute approximate surface area is 119 Å². The molecule has 0 aliphatic heterocycles. The molecule has 0 aliphatic carbocycles. The molecule has 0 fully saturated rings. The van der Waals surface area contributed by atoms with Gasteiger partial charge in [0.1, 0.15) is 23.2 Å². The van der Waals surface area contributed by atoms with Gasteiger partial charge in [0.2, 0.25) is 0 Å². The van der Waals surface area contributed by atoms with Crippen molar-refractivity contribution in [2.45, 2.75) is 12.3 Å². The maximum Gasteiger partial charge on any atom is 0.134 e. The van der Waals surface area contributed by atoms with Crippen molar-refractivity contribution in [3.05, 3.63) is 64.5 Å². The van der Waals surface area contributed by atoms with E-state index in [9.17, 15) is 13.2 Å². The van der Waals surface area contributed by atoms with Crippen molar-refractivity contribution in [2.75, 3.05) is 7.11 Å². The fraction of sp³-hybridized carbons (Fsp3) is 0.200. The normalized spacial score (nSPS) is 12.3. The van der Waals surface area contributed by atoms with Gasteiger partial charge in [0.05, 0.1) is 12.5 Å². The zero-order valence-electron chi connectivity index (χ0n) is 10.9. The van der Waals surface area contributed by atoms with Gasteiger partial charge < -0.3 is 4.74 Å². The zero-order valence-corrected chi connectivity index (χ0v) is 11.6. The van der Waals surface area contributed by atoms with Crippen molar-refractivity contribution >= 4 is 11.6 Å². The maximum atomic E-state index is 13.9. The maximum absolute atomic E-state index is 13.9. The van der Waals surface area contributed by atoms with Crippen molar-refractivity contribution < 1.29 is 17.9 Å². The molecule has 1 atom stereocenters. The number of hydrogen-bond donors (Lipinski definition) is 0. The number of rotatable bonds is 3. The minimum absolute atomic E-state index is 0.0367. The second-order valence-corrected chi connectivity index (χ2v) is 4.83. The van der Waals surface area contributed by atoms with E-state index < -0.39 is 28.4 Å². The minimum Gasteiger partial charge on any atom is -0.497 e. The van der Waals surface area contributed by atoms with Gasteiger partial charge in [0.25, 0.3) is 0 Å². The molecule has 0 bridgehead atoms. The van der Waals surface area contributed by atoms with Gasteiger partial charge in [-0.1, -0.05) is 17.7 Å². The molecular weight excluding hydrogens is 289 g/mol. The Morgan fingerprint density at radius 1 is 1.00 bits per heavy atom. The van der Waals surface area contributed by atoms with Crippen molar-refractivity contribution in [1.82, 2.24) is 0 Å². The molecule has 106 valence electrons. The van der Waals surface area contributed by atoms with Gasteiger partial charge in [0.15, 0.2) is 0 Å². The summed E-state index contributed by atoms with van der Waals surface area (Å²) in [6, 6.07) is 6.28. The third-order valence-corrected chi connectivity index (χ3v) is 3.42. The van der Waals surface area contributed by atoms with Gasteiger partial charge in [-0.25, -0.2) is 13.2 Å². The molecule has 0 saturated heterocycles. The average molecular weight is 301 g/mol. The molecular formula is C15H12ClF3O. The molecule has 1 unspecified atom stereocenters. The van der Waals surface area contributed by atoms with Crippen molar-refractivity contribution in [3.63, 3.8) is 0 Å². The second-order valence-electron chi connectivity index (χ2n) is 4.39. The van der Waals surface area contributed by atoms with E-state index in [1.165, 1.54) is 19.2 Å². The highest BCUT2D eigenvalue weighted by Gasteiger charge is 2.23. The Morgan fingerprint density at radius 2 is 1.60 bits per heavy atom. The van der Waals surface area contributed by atoms with Crippen molar-refractivity contribution in [2.24, 2.45) is 0 Å². The molecule has 0 saturated carbocycles. The van der Waals surface area contributed by atoms with E-state index in [0.717, 1.165) is 17.7 Å². The first-order chi connectivity index (χ1) is 9.43. The van der Waals surface area contributed by atoms with Crippen LogP contribution in [-0.2, 0) is 0 Å². The number of ether oxygens (including phenoxy) is 1. The standard InChI is InChI=1S/C15H12ClF3O/c1-8-3-4-11(17)10(5-8)15(16)14-12(18)6-9(20-2)7-13(14)19/h3-7,15H,1-2H3. The third kappa shape index (κ3) is 2.75. The third-order valence-electron chi connectivity index (χ3n) is 2.97. The van der Waals surface area contributed by atoms with Crippen LogP contribution >= 0.6 is 11.6 Å². The Kier molecular flexibility index (Phi) is 4.23. The van der Waals surface area contributed by atoms with Crippen LogP contribution in [0, 0.1) is 24.4 Å². The van der Waals surface area contributed by atoms with E-state index in [4.69, 9.17) is 16.3 Å². The molecule has 0 heterocycles. The van der Waals surface area contributed by atoms with Crippen molar-refractivity contribution in [1.29, 1.82) is 0 Å². The predicted octanol–water partition coefficient (Wildman–Crippen LogP) is 4.75. The summed E-state index contributed by atoms with van der Waals surface area (Å²) in [7, 11) is 1.30. The molecule has 0 aliphatic rings. The van der Waals surface area contributed by atoms with E-state index in [2.05, 4.69) is 0 Å². The first kappa shape index (κ1) is 14.7. The Bertz CT molecular complexity index is 620. The topological polar surface area (TPSA) is 9.23 Å². The molecule has 20 heavy (non-hydrogen) atoms. The highest BCUT2D eigenvalue weighted by atomic mass is 35.5. The summed E-state index contributed by atoms with van der Waals surface area (Å²) in [5.74, 6) is -2.31. The summed E-state index contributed by atoms with van der Waals surface area (Å²) in [4.78, 5) is 0. The lowest BCUT2D eigenvalue weighted by atomic mass is 10.0. The lowest BCUT2D eigenvalue weighted by Crippen LogP contribution is -2.04. The molecule has 1 nitrogen and oxygen atoms in total. The number of halogens is 4. The van der Waals surface area contributed by atoms with Gasteiger partial charge >= 0.3 is 0 Å². The van der Waals surface area contributed by atoms with Crippen LogP contribution in [-0.4, -0.2) is 7.11 Å². The largest absolute Gasteiger partial charge is 0.497 e. The molecule has 0 amide bonds. The highest BCUT2D eigenvalue weighted by Crippen LogP contribution is 2.35. The monoisotopic (exact) mass is 300 g/mol. The first-order valence-corrected chi connectivity index (χ1v) is 6.30.